The van der Waals surface area contributed by atoms with Gasteiger partial charge in [-0.3, -0.25) is 10.1 Å². The first-order valence-electron chi connectivity index (χ1n) is 9.11. The van der Waals surface area contributed by atoms with E-state index in [1.165, 1.54) is 43.8 Å². The van der Waals surface area contributed by atoms with Crippen LogP contribution in [-0.2, 0) is 14.3 Å². The van der Waals surface area contributed by atoms with Gasteiger partial charge in [-0.2, -0.15) is 0 Å². The van der Waals surface area contributed by atoms with Crippen LogP contribution >= 0.6 is 11.3 Å². The van der Waals surface area contributed by atoms with Gasteiger partial charge in [0.1, 0.15) is 0 Å². The summed E-state index contributed by atoms with van der Waals surface area (Å²) in [4.78, 5) is 35.9. The summed E-state index contributed by atoms with van der Waals surface area (Å²) < 4.78 is 10.3. The number of benzene rings is 1. The summed E-state index contributed by atoms with van der Waals surface area (Å²) in [5, 5.41) is 26.9. The minimum absolute atomic E-state index is 0.0657. The molecule has 2 N–H and O–H groups in total. The second kappa shape index (κ2) is 8.60. The van der Waals surface area contributed by atoms with Gasteiger partial charge in [-0.15, -0.1) is 11.3 Å². The zero-order valence-electron chi connectivity index (χ0n) is 17.2. The molecule has 0 amide bonds. The van der Waals surface area contributed by atoms with Crippen molar-refractivity contribution < 1.29 is 29.1 Å². The monoisotopic (exact) mass is 444 g/mol. The van der Waals surface area contributed by atoms with Gasteiger partial charge in [0.2, 0.25) is 0 Å². The molecule has 1 unspecified atom stereocenters. The number of allylic oxidation sites excluding steroid dienone is 1. The fourth-order valence-corrected chi connectivity index (χ4v) is 4.54. The highest BCUT2D eigenvalue weighted by Crippen LogP contribution is 2.45. The SMILES string of the molecule is COC(=O)C1=C(C)NC(c2c(C)csc2OC)=C(C(=O)O)C1c1cccc([N+](=O)[O-])c1. The lowest BCUT2D eigenvalue weighted by Crippen LogP contribution is -2.32. The van der Waals surface area contributed by atoms with Crippen molar-refractivity contribution in [2.75, 3.05) is 14.2 Å². The van der Waals surface area contributed by atoms with E-state index < -0.39 is 22.8 Å². The largest absolute Gasteiger partial charge is 0.487 e. The van der Waals surface area contributed by atoms with Crippen LogP contribution in [0.25, 0.3) is 5.70 Å². The molecule has 0 saturated heterocycles. The number of carbonyl (C=O) groups excluding carboxylic acids is 1. The normalized spacial score (nSPS) is 16.1. The van der Waals surface area contributed by atoms with Gasteiger partial charge in [-0.25, -0.2) is 9.59 Å². The zero-order valence-corrected chi connectivity index (χ0v) is 18.0. The maximum atomic E-state index is 12.6. The number of nitro groups is 1. The molecule has 10 heteroatoms. The van der Waals surface area contributed by atoms with Gasteiger partial charge in [0, 0.05) is 17.8 Å². The molecule has 1 atom stereocenters. The Morgan fingerprint density at radius 3 is 2.52 bits per heavy atom. The van der Waals surface area contributed by atoms with E-state index in [4.69, 9.17) is 9.47 Å². The van der Waals surface area contributed by atoms with Crippen molar-refractivity contribution in [1.29, 1.82) is 0 Å². The molecule has 0 spiro atoms. The Bertz CT molecular complexity index is 1150. The van der Waals surface area contributed by atoms with Crippen LogP contribution in [0.2, 0.25) is 0 Å². The summed E-state index contributed by atoms with van der Waals surface area (Å²) in [7, 11) is 2.68. The number of ether oxygens (including phenoxy) is 2. The first-order valence-corrected chi connectivity index (χ1v) is 9.99. The number of nitrogens with one attached hydrogen (secondary N) is 1. The third-order valence-electron chi connectivity index (χ3n) is 4.99. The van der Waals surface area contributed by atoms with E-state index >= 15 is 0 Å². The minimum Gasteiger partial charge on any atom is -0.487 e. The van der Waals surface area contributed by atoms with E-state index in [0.717, 1.165) is 5.56 Å². The van der Waals surface area contributed by atoms with Crippen LogP contribution in [-0.4, -0.2) is 36.2 Å². The third-order valence-corrected chi connectivity index (χ3v) is 6.05. The highest BCUT2D eigenvalue weighted by molar-refractivity contribution is 7.12. The number of carboxylic acid groups (broad SMARTS) is 1. The number of carbonyl (C=O) groups is 2. The van der Waals surface area contributed by atoms with Gasteiger partial charge in [0.25, 0.3) is 5.69 Å². The predicted molar refractivity (Wildman–Crippen MR) is 114 cm³/mol. The number of thiophene rings is 1. The molecule has 2 aromatic rings. The third kappa shape index (κ3) is 3.89. The van der Waals surface area contributed by atoms with Crippen molar-refractivity contribution in [1.82, 2.24) is 5.32 Å². The van der Waals surface area contributed by atoms with Crippen molar-refractivity contribution in [3.05, 3.63) is 73.3 Å². The molecule has 3 rings (SSSR count). The number of dihydropyridines is 1. The van der Waals surface area contributed by atoms with Crippen molar-refractivity contribution in [2.24, 2.45) is 0 Å². The fraction of sp³-hybridized carbons (Fsp3) is 0.238. The number of methoxy groups -OCH3 is 2. The van der Waals surface area contributed by atoms with E-state index in [0.29, 0.717) is 16.3 Å². The van der Waals surface area contributed by atoms with E-state index in [1.54, 1.807) is 13.0 Å². The van der Waals surface area contributed by atoms with Crippen molar-refractivity contribution in [3.8, 4) is 5.06 Å². The van der Waals surface area contributed by atoms with Crippen LogP contribution in [0.1, 0.15) is 29.5 Å². The number of nitrogens with zero attached hydrogens (tertiary/aromatic N) is 1. The molecule has 1 aliphatic heterocycles. The lowest BCUT2D eigenvalue weighted by Gasteiger charge is -2.31. The van der Waals surface area contributed by atoms with Crippen molar-refractivity contribution in [2.45, 2.75) is 19.8 Å². The van der Waals surface area contributed by atoms with E-state index in [1.807, 2.05) is 12.3 Å². The molecule has 1 aliphatic rings. The van der Waals surface area contributed by atoms with Crippen LogP contribution in [0.4, 0.5) is 5.69 Å². The van der Waals surface area contributed by atoms with Gasteiger partial charge in [0.15, 0.2) is 5.06 Å². The molecular weight excluding hydrogens is 424 g/mol. The van der Waals surface area contributed by atoms with Crippen LogP contribution < -0.4 is 10.1 Å². The number of carboxylic acids is 1. The molecule has 0 fully saturated rings. The first-order chi connectivity index (χ1) is 14.7. The summed E-state index contributed by atoms with van der Waals surface area (Å²) in [5.41, 5.74) is 2.01. The Balaban J connectivity index is 2.37. The quantitative estimate of drug-likeness (QED) is 0.393. The molecular formula is C21H20N2O7S. The minimum atomic E-state index is -1.28. The smallest absolute Gasteiger partial charge is 0.336 e. The zero-order chi connectivity index (χ0) is 22.9. The van der Waals surface area contributed by atoms with Crippen LogP contribution in [0.15, 0.2) is 46.5 Å². The summed E-state index contributed by atoms with van der Waals surface area (Å²) in [6.07, 6.45) is 0. The number of aryl methyl sites for hydroxylation is 1. The molecule has 9 nitrogen and oxygen atoms in total. The van der Waals surface area contributed by atoms with E-state index in [2.05, 4.69) is 5.32 Å². The molecule has 1 aromatic heterocycles. The number of hydrogen-bond donors (Lipinski definition) is 2. The number of rotatable bonds is 6. The average Bonchev–Trinajstić information content (AvgIpc) is 3.12. The fourth-order valence-electron chi connectivity index (χ4n) is 3.66. The van der Waals surface area contributed by atoms with Gasteiger partial charge in [-0.1, -0.05) is 12.1 Å². The average molecular weight is 444 g/mol. The summed E-state index contributed by atoms with van der Waals surface area (Å²) in [5.74, 6) is -3.10. The lowest BCUT2D eigenvalue weighted by atomic mass is 9.79. The summed E-state index contributed by atoms with van der Waals surface area (Å²) in [6, 6.07) is 5.58. The van der Waals surface area contributed by atoms with E-state index in [9.17, 15) is 24.8 Å². The van der Waals surface area contributed by atoms with Crippen molar-refractivity contribution in [3.63, 3.8) is 0 Å². The van der Waals surface area contributed by atoms with Gasteiger partial charge in [0.05, 0.1) is 47.5 Å². The molecule has 1 aromatic carbocycles. The Labute approximate surface area is 181 Å². The molecule has 0 saturated carbocycles. The standard InChI is InChI=1S/C21H20N2O7S/c1-10-9-31-21(30-4)14(10)18-17(19(24)25)16(15(11(2)22-18)20(26)29-3)12-6-5-7-13(8-12)23(27)28/h5-9,16,22H,1-4H3,(H,24,25). The molecule has 2 heterocycles. The lowest BCUT2D eigenvalue weighted by molar-refractivity contribution is -0.384. The Morgan fingerprint density at radius 1 is 1.23 bits per heavy atom. The van der Waals surface area contributed by atoms with Gasteiger partial charge < -0.3 is 19.9 Å². The summed E-state index contributed by atoms with van der Waals surface area (Å²) in [6.45, 7) is 3.45. The van der Waals surface area contributed by atoms with Gasteiger partial charge >= 0.3 is 11.9 Å². The molecule has 0 radical (unpaired) electrons. The number of esters is 1. The number of hydrogen-bond acceptors (Lipinski definition) is 8. The van der Waals surface area contributed by atoms with E-state index in [-0.39, 0.29) is 28.1 Å². The summed E-state index contributed by atoms with van der Waals surface area (Å²) >= 11 is 1.31. The molecule has 162 valence electrons. The molecule has 0 aliphatic carbocycles. The molecule has 0 bridgehead atoms. The van der Waals surface area contributed by atoms with Crippen LogP contribution in [0, 0.1) is 17.0 Å². The van der Waals surface area contributed by atoms with Crippen LogP contribution in [0.5, 0.6) is 5.06 Å². The second-order valence-corrected chi connectivity index (χ2v) is 7.66. The van der Waals surface area contributed by atoms with Gasteiger partial charge in [-0.05, 0) is 30.4 Å². The predicted octanol–water partition coefficient (Wildman–Crippen LogP) is 3.60. The topological polar surface area (TPSA) is 128 Å². The number of aliphatic carboxylic acids is 1. The Kier molecular flexibility index (Phi) is 6.11. The highest BCUT2D eigenvalue weighted by Gasteiger charge is 2.40. The van der Waals surface area contributed by atoms with Crippen LogP contribution in [0.3, 0.4) is 0 Å². The Hall–Kier alpha value is -3.66. The highest BCUT2D eigenvalue weighted by atomic mass is 32.1. The second-order valence-electron chi connectivity index (χ2n) is 6.82. The molecule has 31 heavy (non-hydrogen) atoms. The Morgan fingerprint density at radius 2 is 1.94 bits per heavy atom. The maximum absolute atomic E-state index is 12.6. The maximum Gasteiger partial charge on any atom is 0.336 e. The number of nitro benzene ring substituents is 1. The first kappa shape index (κ1) is 22.0. The van der Waals surface area contributed by atoms with Crippen molar-refractivity contribution >= 4 is 34.7 Å². The number of non-ortho nitro benzene ring substituents is 1.